The summed E-state index contributed by atoms with van der Waals surface area (Å²) in [6.45, 7) is 0.419. The Hall–Kier alpha value is -3.40. The lowest BCUT2D eigenvalue weighted by atomic mass is 10.1. The van der Waals surface area contributed by atoms with Crippen molar-refractivity contribution in [2.45, 2.75) is 6.61 Å². The zero-order valence-electron chi connectivity index (χ0n) is 14.5. The van der Waals surface area contributed by atoms with Crippen LogP contribution in [0.15, 0.2) is 79.1 Å². The smallest absolute Gasteiger partial charge is 0.185 e. The Morgan fingerprint density at radius 1 is 1.08 bits per heavy atom. The van der Waals surface area contributed by atoms with Crippen LogP contribution < -0.4 is 9.47 Å². The van der Waals surface area contributed by atoms with Crippen molar-refractivity contribution in [3.63, 3.8) is 0 Å². The molecule has 0 saturated carbocycles. The topological polar surface area (TPSA) is 48.4 Å². The second kappa shape index (κ2) is 8.62. The van der Waals surface area contributed by atoms with Crippen molar-refractivity contribution in [2.75, 3.05) is 7.11 Å². The predicted octanol–water partition coefficient (Wildman–Crippen LogP) is 4.57. The number of aromatic nitrogens is 1. The Labute approximate surface area is 152 Å². The molecule has 0 N–H and O–H groups in total. The van der Waals surface area contributed by atoms with E-state index in [0.717, 1.165) is 11.1 Å². The average molecular weight is 345 g/mol. The van der Waals surface area contributed by atoms with E-state index in [0.29, 0.717) is 23.7 Å². The fraction of sp³-hybridized carbons (Fsp3) is 0.0909. The predicted molar refractivity (Wildman–Crippen MR) is 101 cm³/mol. The van der Waals surface area contributed by atoms with Gasteiger partial charge in [0.1, 0.15) is 18.1 Å². The quantitative estimate of drug-likeness (QED) is 0.465. The fourth-order valence-corrected chi connectivity index (χ4v) is 2.43. The monoisotopic (exact) mass is 345 g/mol. The van der Waals surface area contributed by atoms with Crippen molar-refractivity contribution in [1.82, 2.24) is 4.98 Å². The molecule has 0 aliphatic heterocycles. The third kappa shape index (κ3) is 4.57. The summed E-state index contributed by atoms with van der Waals surface area (Å²) in [6.07, 6.45) is 6.80. The van der Waals surface area contributed by atoms with Gasteiger partial charge in [-0.2, -0.15) is 0 Å². The van der Waals surface area contributed by atoms with Gasteiger partial charge < -0.3 is 9.47 Å². The molecule has 0 spiro atoms. The molecule has 1 heterocycles. The lowest BCUT2D eigenvalue weighted by molar-refractivity contribution is 0.104. The number of hydrogen-bond acceptors (Lipinski definition) is 4. The van der Waals surface area contributed by atoms with Gasteiger partial charge in [0.2, 0.25) is 0 Å². The number of para-hydroxylation sites is 1. The molecule has 1 aromatic heterocycles. The van der Waals surface area contributed by atoms with Crippen LogP contribution >= 0.6 is 0 Å². The van der Waals surface area contributed by atoms with E-state index in [1.54, 1.807) is 49.9 Å². The molecule has 0 amide bonds. The Morgan fingerprint density at radius 2 is 1.96 bits per heavy atom. The van der Waals surface area contributed by atoms with Crippen LogP contribution in [0.4, 0.5) is 0 Å². The minimum absolute atomic E-state index is 0.0917. The van der Waals surface area contributed by atoms with E-state index >= 15 is 0 Å². The highest BCUT2D eigenvalue weighted by Crippen LogP contribution is 2.21. The van der Waals surface area contributed by atoms with Gasteiger partial charge in [0.25, 0.3) is 0 Å². The van der Waals surface area contributed by atoms with Crippen molar-refractivity contribution in [2.24, 2.45) is 0 Å². The summed E-state index contributed by atoms with van der Waals surface area (Å²) in [7, 11) is 1.58. The number of allylic oxidation sites excluding steroid dienone is 1. The molecular formula is C22H19NO3. The standard InChI is InChI=1S/C22H19NO3/c1-25-20-9-4-8-19(14-20)21(24)12-11-18-7-2-3-10-22(18)26-16-17-6-5-13-23-15-17/h2-15H,16H2,1H3. The molecule has 0 aliphatic rings. The molecule has 0 fully saturated rings. The number of carbonyl (C=O) groups is 1. The van der Waals surface area contributed by atoms with Crippen LogP contribution in [0.2, 0.25) is 0 Å². The van der Waals surface area contributed by atoms with Crippen LogP contribution in [0.3, 0.4) is 0 Å². The van der Waals surface area contributed by atoms with E-state index in [4.69, 9.17) is 9.47 Å². The fourth-order valence-electron chi connectivity index (χ4n) is 2.43. The first kappa shape index (κ1) is 17.4. The zero-order chi connectivity index (χ0) is 18.2. The van der Waals surface area contributed by atoms with E-state index in [1.165, 1.54) is 0 Å². The van der Waals surface area contributed by atoms with Gasteiger partial charge >= 0.3 is 0 Å². The van der Waals surface area contributed by atoms with Crippen LogP contribution in [0, 0.1) is 0 Å². The lowest BCUT2D eigenvalue weighted by Gasteiger charge is -2.09. The highest BCUT2D eigenvalue weighted by atomic mass is 16.5. The van der Waals surface area contributed by atoms with Crippen molar-refractivity contribution < 1.29 is 14.3 Å². The second-order valence-corrected chi connectivity index (χ2v) is 5.62. The minimum Gasteiger partial charge on any atom is -0.497 e. The Kier molecular flexibility index (Phi) is 5.78. The largest absolute Gasteiger partial charge is 0.497 e. The summed E-state index contributed by atoms with van der Waals surface area (Å²) < 4.78 is 11.0. The molecule has 130 valence electrons. The van der Waals surface area contributed by atoms with Gasteiger partial charge in [-0.3, -0.25) is 9.78 Å². The maximum atomic E-state index is 12.4. The number of ketones is 1. The van der Waals surface area contributed by atoms with Crippen molar-refractivity contribution >= 4 is 11.9 Å². The van der Waals surface area contributed by atoms with Crippen LogP contribution in [-0.2, 0) is 6.61 Å². The normalized spacial score (nSPS) is 10.7. The van der Waals surface area contributed by atoms with Crippen molar-refractivity contribution in [3.05, 3.63) is 95.8 Å². The van der Waals surface area contributed by atoms with Gasteiger partial charge in [0.05, 0.1) is 7.11 Å². The molecular weight excluding hydrogens is 326 g/mol. The molecule has 4 heteroatoms. The zero-order valence-corrected chi connectivity index (χ0v) is 14.5. The second-order valence-electron chi connectivity index (χ2n) is 5.62. The summed E-state index contributed by atoms with van der Waals surface area (Å²) in [5.74, 6) is 1.28. The molecule has 0 atom stereocenters. The lowest BCUT2D eigenvalue weighted by Crippen LogP contribution is -1.98. The molecule has 0 saturated heterocycles. The van der Waals surface area contributed by atoms with Gasteiger partial charge in [-0.1, -0.05) is 36.4 Å². The number of benzene rings is 2. The molecule has 26 heavy (non-hydrogen) atoms. The number of carbonyl (C=O) groups excluding carboxylic acids is 1. The van der Waals surface area contributed by atoms with Crippen LogP contribution in [0.25, 0.3) is 6.08 Å². The van der Waals surface area contributed by atoms with E-state index in [-0.39, 0.29) is 5.78 Å². The van der Waals surface area contributed by atoms with Crippen LogP contribution in [0.1, 0.15) is 21.5 Å². The third-order valence-corrected chi connectivity index (χ3v) is 3.80. The number of rotatable bonds is 7. The van der Waals surface area contributed by atoms with E-state index in [9.17, 15) is 4.79 Å². The molecule has 2 aromatic carbocycles. The summed E-state index contributed by atoms with van der Waals surface area (Å²) in [5, 5.41) is 0. The maximum Gasteiger partial charge on any atom is 0.185 e. The summed E-state index contributed by atoms with van der Waals surface area (Å²) >= 11 is 0. The number of methoxy groups -OCH3 is 1. The van der Waals surface area contributed by atoms with E-state index < -0.39 is 0 Å². The molecule has 0 aliphatic carbocycles. The number of nitrogens with zero attached hydrogens (tertiary/aromatic N) is 1. The van der Waals surface area contributed by atoms with E-state index in [2.05, 4.69) is 4.98 Å². The van der Waals surface area contributed by atoms with Gasteiger partial charge in [-0.05, 0) is 36.4 Å². The summed E-state index contributed by atoms with van der Waals surface area (Å²) in [6, 6.07) is 18.5. The summed E-state index contributed by atoms with van der Waals surface area (Å²) in [5.41, 5.74) is 2.40. The number of pyridine rings is 1. The number of hydrogen-bond donors (Lipinski definition) is 0. The first-order valence-corrected chi connectivity index (χ1v) is 8.23. The molecule has 3 aromatic rings. The average Bonchev–Trinajstić information content (AvgIpc) is 2.72. The highest BCUT2D eigenvalue weighted by molar-refractivity contribution is 6.07. The molecule has 0 radical (unpaired) electrons. The first-order valence-electron chi connectivity index (χ1n) is 8.23. The first-order chi connectivity index (χ1) is 12.8. The van der Waals surface area contributed by atoms with Crippen molar-refractivity contribution in [1.29, 1.82) is 0 Å². The molecule has 0 bridgehead atoms. The SMILES string of the molecule is COc1cccc(C(=O)C=Cc2ccccc2OCc2cccnc2)c1. The third-order valence-electron chi connectivity index (χ3n) is 3.80. The van der Waals surface area contributed by atoms with Crippen LogP contribution in [0.5, 0.6) is 11.5 Å². The van der Waals surface area contributed by atoms with Crippen molar-refractivity contribution in [3.8, 4) is 11.5 Å². The Balaban J connectivity index is 1.73. The highest BCUT2D eigenvalue weighted by Gasteiger charge is 2.05. The Bertz CT molecular complexity index is 904. The Morgan fingerprint density at radius 3 is 2.77 bits per heavy atom. The molecule has 0 unspecified atom stereocenters. The van der Waals surface area contributed by atoms with Crippen LogP contribution in [-0.4, -0.2) is 17.9 Å². The number of ether oxygens (including phenoxy) is 2. The van der Waals surface area contributed by atoms with Gasteiger partial charge in [-0.25, -0.2) is 0 Å². The maximum absolute atomic E-state index is 12.4. The van der Waals surface area contributed by atoms with Gasteiger partial charge in [-0.15, -0.1) is 0 Å². The summed E-state index contributed by atoms with van der Waals surface area (Å²) in [4.78, 5) is 16.5. The van der Waals surface area contributed by atoms with Gasteiger partial charge in [0.15, 0.2) is 5.78 Å². The molecule has 3 rings (SSSR count). The van der Waals surface area contributed by atoms with E-state index in [1.807, 2.05) is 42.5 Å². The van der Waals surface area contributed by atoms with Gasteiger partial charge in [0, 0.05) is 29.1 Å². The minimum atomic E-state index is -0.0917. The molecule has 4 nitrogen and oxygen atoms in total.